The van der Waals surface area contributed by atoms with E-state index in [0.717, 1.165) is 6.42 Å². The summed E-state index contributed by atoms with van der Waals surface area (Å²) >= 11 is 1.80. The monoisotopic (exact) mass is 267 g/mol. The molecule has 2 unspecified atom stereocenters. The number of likely N-dealkylation sites (tertiary alicyclic amines) is 1. The molecular formula is C14H25N3S. The van der Waals surface area contributed by atoms with Gasteiger partial charge in [0.05, 0.1) is 10.7 Å². The third-order valence-corrected chi connectivity index (χ3v) is 4.81. The van der Waals surface area contributed by atoms with E-state index in [2.05, 4.69) is 31.1 Å². The van der Waals surface area contributed by atoms with Gasteiger partial charge in [0.25, 0.3) is 0 Å². The topological polar surface area (TPSA) is 42.1 Å². The van der Waals surface area contributed by atoms with Crippen LogP contribution in [0.3, 0.4) is 0 Å². The number of thiazole rings is 1. The predicted octanol–water partition coefficient (Wildman–Crippen LogP) is 2.62. The van der Waals surface area contributed by atoms with Crippen molar-refractivity contribution in [2.24, 2.45) is 5.73 Å². The lowest BCUT2D eigenvalue weighted by molar-refractivity contribution is 0.202. The maximum absolute atomic E-state index is 5.70. The highest BCUT2D eigenvalue weighted by Gasteiger charge is 2.27. The zero-order valence-electron chi connectivity index (χ0n) is 11.7. The third kappa shape index (κ3) is 3.11. The van der Waals surface area contributed by atoms with Crippen LogP contribution >= 0.6 is 11.3 Å². The van der Waals surface area contributed by atoms with Crippen LogP contribution in [0.15, 0.2) is 5.38 Å². The van der Waals surface area contributed by atoms with Gasteiger partial charge < -0.3 is 5.73 Å². The zero-order valence-corrected chi connectivity index (χ0v) is 12.5. The van der Waals surface area contributed by atoms with Crippen LogP contribution < -0.4 is 5.73 Å². The fourth-order valence-electron chi connectivity index (χ4n) is 2.72. The molecule has 2 heterocycles. The van der Waals surface area contributed by atoms with E-state index in [4.69, 9.17) is 10.7 Å². The molecule has 1 aliphatic heterocycles. The molecule has 1 saturated heterocycles. The maximum Gasteiger partial charge on any atom is 0.0943 e. The van der Waals surface area contributed by atoms with Gasteiger partial charge in [0.2, 0.25) is 0 Å². The highest BCUT2D eigenvalue weighted by atomic mass is 32.1. The Morgan fingerprint density at radius 1 is 1.50 bits per heavy atom. The van der Waals surface area contributed by atoms with Crippen LogP contribution in [0, 0.1) is 0 Å². The van der Waals surface area contributed by atoms with Crippen LogP contribution in [0.5, 0.6) is 0 Å². The smallest absolute Gasteiger partial charge is 0.0943 e. The molecule has 3 nitrogen and oxygen atoms in total. The van der Waals surface area contributed by atoms with Gasteiger partial charge in [0.1, 0.15) is 0 Å². The minimum absolute atomic E-state index is 0.389. The second-order valence-corrected chi connectivity index (χ2v) is 6.58. The minimum Gasteiger partial charge on any atom is -0.330 e. The number of hydrogen-bond acceptors (Lipinski definition) is 4. The van der Waals surface area contributed by atoms with Crippen molar-refractivity contribution in [3.8, 4) is 0 Å². The lowest BCUT2D eigenvalue weighted by Crippen LogP contribution is -2.36. The van der Waals surface area contributed by atoms with Crippen LogP contribution in [-0.4, -0.2) is 35.1 Å². The molecule has 0 aliphatic carbocycles. The van der Waals surface area contributed by atoms with E-state index < -0.39 is 0 Å². The molecule has 1 aromatic rings. The summed E-state index contributed by atoms with van der Waals surface area (Å²) in [5, 5.41) is 3.46. The van der Waals surface area contributed by atoms with Gasteiger partial charge in [-0.2, -0.15) is 0 Å². The van der Waals surface area contributed by atoms with E-state index in [-0.39, 0.29) is 0 Å². The first kappa shape index (κ1) is 14.0. The summed E-state index contributed by atoms with van der Waals surface area (Å²) in [6, 6.07) is 1.34. The van der Waals surface area contributed by atoms with Crippen molar-refractivity contribution < 1.29 is 0 Å². The summed E-state index contributed by atoms with van der Waals surface area (Å²) in [7, 11) is 0. The molecule has 2 N–H and O–H groups in total. The van der Waals surface area contributed by atoms with Gasteiger partial charge in [-0.1, -0.05) is 6.92 Å². The van der Waals surface area contributed by atoms with Crippen LogP contribution in [0.25, 0.3) is 0 Å². The van der Waals surface area contributed by atoms with Crippen LogP contribution in [0.1, 0.15) is 50.2 Å². The van der Waals surface area contributed by atoms with Gasteiger partial charge in [-0.25, -0.2) is 4.98 Å². The summed E-state index contributed by atoms with van der Waals surface area (Å²) in [6.07, 6.45) is 3.76. The standard InChI is InChI=1S/C14H25N3S/c1-10(2)17-6-4-5-12(17)7-14-16-13(9-18-14)11(3)8-15/h9-12H,4-8,15H2,1-3H3. The van der Waals surface area contributed by atoms with E-state index in [0.29, 0.717) is 24.5 Å². The fourth-order valence-corrected chi connectivity index (χ4v) is 3.71. The SMILES string of the molecule is CC(CN)c1csc(CC2CCCN2C(C)C)n1. The molecule has 0 bridgehead atoms. The average molecular weight is 267 g/mol. The Morgan fingerprint density at radius 2 is 2.28 bits per heavy atom. The van der Waals surface area contributed by atoms with Gasteiger partial charge >= 0.3 is 0 Å². The van der Waals surface area contributed by atoms with Crippen molar-refractivity contribution >= 4 is 11.3 Å². The van der Waals surface area contributed by atoms with Gasteiger partial charge in [0, 0.05) is 36.3 Å². The van der Waals surface area contributed by atoms with Crippen molar-refractivity contribution in [1.82, 2.24) is 9.88 Å². The Balaban J connectivity index is 1.98. The van der Waals surface area contributed by atoms with Crippen molar-refractivity contribution in [2.75, 3.05) is 13.1 Å². The number of aromatic nitrogens is 1. The van der Waals surface area contributed by atoms with Crippen molar-refractivity contribution in [2.45, 2.75) is 58.0 Å². The molecule has 0 amide bonds. The lowest BCUT2D eigenvalue weighted by atomic mass is 10.1. The zero-order chi connectivity index (χ0) is 13.1. The molecule has 18 heavy (non-hydrogen) atoms. The number of hydrogen-bond donors (Lipinski definition) is 1. The molecule has 2 rings (SSSR count). The molecular weight excluding hydrogens is 242 g/mol. The van der Waals surface area contributed by atoms with E-state index in [1.165, 1.54) is 30.1 Å². The summed E-state index contributed by atoms with van der Waals surface area (Å²) in [4.78, 5) is 7.37. The van der Waals surface area contributed by atoms with Gasteiger partial charge in [0.15, 0.2) is 0 Å². The Kier molecular flexibility index (Phi) is 4.76. The van der Waals surface area contributed by atoms with Crippen molar-refractivity contribution in [1.29, 1.82) is 0 Å². The molecule has 1 aliphatic rings. The van der Waals surface area contributed by atoms with Gasteiger partial charge in [-0.15, -0.1) is 11.3 Å². The Morgan fingerprint density at radius 3 is 2.94 bits per heavy atom. The Hall–Kier alpha value is -0.450. The van der Waals surface area contributed by atoms with Crippen LogP contribution in [-0.2, 0) is 6.42 Å². The first-order valence-corrected chi connectivity index (χ1v) is 7.90. The second-order valence-electron chi connectivity index (χ2n) is 5.63. The number of nitrogens with zero attached hydrogens (tertiary/aromatic N) is 2. The van der Waals surface area contributed by atoms with E-state index in [1.54, 1.807) is 11.3 Å². The van der Waals surface area contributed by atoms with Crippen molar-refractivity contribution in [3.05, 3.63) is 16.1 Å². The molecule has 0 aromatic carbocycles. The first-order valence-electron chi connectivity index (χ1n) is 7.02. The normalized spacial score (nSPS) is 22.8. The molecule has 1 fully saturated rings. The van der Waals surface area contributed by atoms with E-state index in [9.17, 15) is 0 Å². The number of rotatable bonds is 5. The molecule has 0 spiro atoms. The molecule has 1 aromatic heterocycles. The summed E-state index contributed by atoms with van der Waals surface area (Å²) in [5.74, 6) is 0.389. The Labute approximate surface area is 114 Å². The summed E-state index contributed by atoms with van der Waals surface area (Å²) < 4.78 is 0. The average Bonchev–Trinajstić information content (AvgIpc) is 2.97. The number of nitrogens with two attached hydrogens (primary N) is 1. The summed E-state index contributed by atoms with van der Waals surface area (Å²) in [5.41, 5.74) is 6.87. The highest BCUT2D eigenvalue weighted by molar-refractivity contribution is 7.09. The fraction of sp³-hybridized carbons (Fsp3) is 0.786. The van der Waals surface area contributed by atoms with Crippen molar-refractivity contribution in [3.63, 3.8) is 0 Å². The van der Waals surface area contributed by atoms with Crippen LogP contribution in [0.4, 0.5) is 0 Å². The lowest BCUT2D eigenvalue weighted by Gasteiger charge is -2.27. The Bertz CT molecular complexity index is 375. The third-order valence-electron chi connectivity index (χ3n) is 3.92. The molecule has 4 heteroatoms. The molecule has 102 valence electrons. The van der Waals surface area contributed by atoms with E-state index >= 15 is 0 Å². The maximum atomic E-state index is 5.70. The first-order chi connectivity index (χ1) is 8.61. The van der Waals surface area contributed by atoms with Gasteiger partial charge in [-0.05, 0) is 33.2 Å². The van der Waals surface area contributed by atoms with E-state index in [1.807, 2.05) is 0 Å². The molecule has 0 radical (unpaired) electrons. The highest BCUT2D eigenvalue weighted by Crippen LogP contribution is 2.25. The predicted molar refractivity (Wildman–Crippen MR) is 78.2 cm³/mol. The molecule has 2 atom stereocenters. The summed E-state index contributed by atoms with van der Waals surface area (Å²) in [6.45, 7) is 8.67. The quantitative estimate of drug-likeness (QED) is 0.891. The van der Waals surface area contributed by atoms with Gasteiger partial charge in [-0.3, -0.25) is 4.90 Å². The second kappa shape index (κ2) is 6.13. The largest absolute Gasteiger partial charge is 0.330 e. The minimum atomic E-state index is 0.389. The molecule has 0 saturated carbocycles. The van der Waals surface area contributed by atoms with Crippen LogP contribution in [0.2, 0.25) is 0 Å².